The molecule has 0 radical (unpaired) electrons. The van der Waals surface area contributed by atoms with E-state index in [2.05, 4.69) is 4.98 Å². The number of nitrogens with one attached hydrogen (secondary N) is 1. The van der Waals surface area contributed by atoms with Crippen molar-refractivity contribution in [2.24, 2.45) is 5.92 Å². The summed E-state index contributed by atoms with van der Waals surface area (Å²) >= 11 is 0. The highest BCUT2D eigenvalue weighted by Crippen LogP contribution is 2.29. The molecule has 0 aliphatic rings. The minimum atomic E-state index is -4.53. The number of nitrogens with zero attached hydrogens (tertiary/aromatic N) is 2. The van der Waals surface area contributed by atoms with Gasteiger partial charge in [-0.2, -0.15) is 13.2 Å². The van der Waals surface area contributed by atoms with Crippen LogP contribution >= 0.6 is 0 Å². The molecule has 0 unspecified atom stereocenters. The Bertz CT molecular complexity index is 1010. The van der Waals surface area contributed by atoms with Crippen LogP contribution in [0.1, 0.15) is 49.5 Å². The van der Waals surface area contributed by atoms with E-state index in [-0.39, 0.29) is 36.1 Å². The zero-order valence-corrected chi connectivity index (χ0v) is 17.0. The van der Waals surface area contributed by atoms with Crippen LogP contribution in [-0.4, -0.2) is 22.0 Å². The molecule has 0 atom stereocenters. The maximum atomic E-state index is 13.1. The molecule has 0 saturated heterocycles. The molecule has 0 saturated carbocycles. The summed E-state index contributed by atoms with van der Waals surface area (Å²) in [5.74, 6) is -0.924. The van der Waals surface area contributed by atoms with E-state index in [0.29, 0.717) is 6.42 Å². The highest BCUT2D eigenvalue weighted by molar-refractivity contribution is 6.07. The summed E-state index contributed by atoms with van der Waals surface area (Å²) < 4.78 is 39.6. The van der Waals surface area contributed by atoms with Crippen molar-refractivity contribution in [2.45, 2.75) is 46.3 Å². The number of unbranched alkanes of at least 4 members (excludes halogenated alkanes) is 1. The molecule has 0 spiro atoms. The molecule has 0 aliphatic heterocycles. The van der Waals surface area contributed by atoms with Crippen molar-refractivity contribution in [3.05, 3.63) is 56.2 Å². The van der Waals surface area contributed by atoms with Gasteiger partial charge in [-0.15, -0.1) is 0 Å². The Morgan fingerprint density at radius 2 is 1.80 bits per heavy atom. The fourth-order valence-corrected chi connectivity index (χ4v) is 2.97. The Morgan fingerprint density at radius 3 is 2.30 bits per heavy atom. The monoisotopic (exact) mass is 426 g/mol. The number of amides is 1. The van der Waals surface area contributed by atoms with Gasteiger partial charge in [-0.3, -0.25) is 19.1 Å². The third-order valence-corrected chi connectivity index (χ3v) is 4.47. The number of aromatic nitrogens is 2. The topological polar surface area (TPSA) is 101 Å². The van der Waals surface area contributed by atoms with Gasteiger partial charge in [0, 0.05) is 18.7 Å². The number of carbonyl (C=O) groups excluding carboxylic acids is 1. The largest absolute Gasteiger partial charge is 0.416 e. The molecule has 3 N–H and O–H groups in total. The first-order valence-electron chi connectivity index (χ1n) is 9.59. The smallest absolute Gasteiger partial charge is 0.383 e. The van der Waals surface area contributed by atoms with Crippen LogP contribution in [-0.2, 0) is 12.7 Å². The number of hydrogen-bond donors (Lipinski definition) is 2. The highest BCUT2D eigenvalue weighted by atomic mass is 19.4. The average molecular weight is 426 g/mol. The molecule has 7 nitrogen and oxygen atoms in total. The third kappa shape index (κ3) is 5.11. The van der Waals surface area contributed by atoms with E-state index < -0.39 is 28.9 Å². The SMILES string of the molecule is CCCCn1c(N)c(N(CC(C)C)C(=O)c2ccc(C(F)(F)F)cc2)c(=O)[nH]c1=O. The van der Waals surface area contributed by atoms with Crippen molar-refractivity contribution >= 4 is 17.4 Å². The van der Waals surface area contributed by atoms with E-state index in [0.717, 1.165) is 35.6 Å². The second-order valence-corrected chi connectivity index (χ2v) is 7.38. The fraction of sp³-hybridized carbons (Fsp3) is 0.450. The zero-order valence-electron chi connectivity index (χ0n) is 17.0. The standard InChI is InChI=1S/C20H25F3N4O3/c1-4-5-10-26-16(24)15(17(28)25-19(26)30)27(11-12(2)3)18(29)13-6-8-14(9-7-13)20(21,22)23/h6-9,12H,4-5,10-11,24H2,1-3H3,(H,25,28,30). The van der Waals surface area contributed by atoms with Gasteiger partial charge in [0.1, 0.15) is 5.82 Å². The van der Waals surface area contributed by atoms with Crippen molar-refractivity contribution < 1.29 is 18.0 Å². The Kier molecular flexibility index (Phi) is 7.12. The summed E-state index contributed by atoms with van der Waals surface area (Å²) in [6.45, 7) is 5.89. The predicted molar refractivity (Wildman–Crippen MR) is 109 cm³/mol. The van der Waals surface area contributed by atoms with Gasteiger partial charge in [0.25, 0.3) is 11.5 Å². The van der Waals surface area contributed by atoms with Gasteiger partial charge in [0.05, 0.1) is 5.56 Å². The van der Waals surface area contributed by atoms with E-state index >= 15 is 0 Å². The van der Waals surface area contributed by atoms with Crippen LogP contribution in [0.4, 0.5) is 24.7 Å². The van der Waals surface area contributed by atoms with Crippen molar-refractivity contribution in [1.82, 2.24) is 9.55 Å². The number of carbonyl (C=O) groups is 1. The number of benzene rings is 1. The molecule has 1 heterocycles. The molecule has 30 heavy (non-hydrogen) atoms. The Morgan fingerprint density at radius 1 is 1.20 bits per heavy atom. The molecular weight excluding hydrogens is 401 g/mol. The van der Waals surface area contributed by atoms with Gasteiger partial charge in [-0.25, -0.2) is 4.79 Å². The molecule has 2 aromatic rings. The van der Waals surface area contributed by atoms with E-state index in [1.54, 1.807) is 0 Å². The minimum absolute atomic E-state index is 0.0336. The lowest BCUT2D eigenvalue weighted by molar-refractivity contribution is -0.137. The van der Waals surface area contributed by atoms with Crippen LogP contribution in [0.3, 0.4) is 0 Å². The summed E-state index contributed by atoms with van der Waals surface area (Å²) in [5.41, 5.74) is 3.48. The molecule has 1 aromatic heterocycles. The Hall–Kier alpha value is -3.04. The quantitative estimate of drug-likeness (QED) is 0.710. The number of rotatable bonds is 7. The summed E-state index contributed by atoms with van der Waals surface area (Å²) in [6.07, 6.45) is -3.12. The predicted octanol–water partition coefficient (Wildman–Crippen LogP) is 3.24. The number of H-pyrrole nitrogens is 1. The number of nitrogens with two attached hydrogens (primary N) is 1. The van der Waals surface area contributed by atoms with Crippen molar-refractivity contribution in [3.63, 3.8) is 0 Å². The van der Waals surface area contributed by atoms with Crippen molar-refractivity contribution in [3.8, 4) is 0 Å². The van der Waals surface area contributed by atoms with E-state index in [1.165, 1.54) is 4.57 Å². The minimum Gasteiger partial charge on any atom is -0.383 e. The number of nitrogen functional groups attached to an aromatic ring is 1. The second kappa shape index (κ2) is 9.19. The molecule has 1 amide bonds. The molecular formula is C20H25F3N4O3. The van der Waals surface area contributed by atoms with E-state index in [4.69, 9.17) is 5.73 Å². The molecule has 0 aliphatic carbocycles. The molecule has 10 heteroatoms. The number of anilines is 2. The lowest BCUT2D eigenvalue weighted by atomic mass is 10.1. The van der Waals surface area contributed by atoms with Crippen LogP contribution in [0, 0.1) is 5.92 Å². The Balaban J connectivity index is 2.56. The summed E-state index contributed by atoms with van der Waals surface area (Å²) in [7, 11) is 0. The summed E-state index contributed by atoms with van der Waals surface area (Å²) in [5, 5.41) is 0. The van der Waals surface area contributed by atoms with Crippen LogP contribution in [0.15, 0.2) is 33.9 Å². The van der Waals surface area contributed by atoms with E-state index in [9.17, 15) is 27.6 Å². The first-order valence-corrected chi connectivity index (χ1v) is 9.59. The molecule has 2 rings (SSSR count). The molecule has 164 valence electrons. The highest BCUT2D eigenvalue weighted by Gasteiger charge is 2.31. The number of alkyl halides is 3. The number of aromatic amines is 1. The van der Waals surface area contributed by atoms with Crippen molar-refractivity contribution in [2.75, 3.05) is 17.2 Å². The van der Waals surface area contributed by atoms with Crippen LogP contribution in [0.5, 0.6) is 0 Å². The summed E-state index contributed by atoms with van der Waals surface area (Å²) in [6, 6.07) is 3.71. The average Bonchev–Trinajstić information content (AvgIpc) is 2.65. The Labute approximate surface area is 171 Å². The molecule has 0 fully saturated rings. The normalized spacial score (nSPS) is 11.7. The first kappa shape index (κ1) is 23.2. The zero-order chi connectivity index (χ0) is 22.6. The van der Waals surface area contributed by atoms with Gasteiger partial charge >= 0.3 is 11.9 Å². The first-order chi connectivity index (χ1) is 14.0. The molecule has 0 bridgehead atoms. The van der Waals surface area contributed by atoms with Gasteiger partial charge in [-0.05, 0) is 36.6 Å². The number of hydrogen-bond acceptors (Lipinski definition) is 4. The lowest BCUT2D eigenvalue weighted by Gasteiger charge is -2.26. The maximum Gasteiger partial charge on any atom is 0.416 e. The molecule has 1 aromatic carbocycles. The third-order valence-electron chi connectivity index (χ3n) is 4.47. The van der Waals surface area contributed by atoms with Gasteiger partial charge < -0.3 is 10.6 Å². The van der Waals surface area contributed by atoms with Crippen LogP contribution < -0.4 is 21.9 Å². The van der Waals surface area contributed by atoms with Gasteiger partial charge in [-0.1, -0.05) is 27.2 Å². The van der Waals surface area contributed by atoms with E-state index in [1.807, 2.05) is 20.8 Å². The summed E-state index contributed by atoms with van der Waals surface area (Å²) in [4.78, 5) is 41.1. The number of halogens is 3. The second-order valence-electron chi connectivity index (χ2n) is 7.38. The van der Waals surface area contributed by atoms with Gasteiger partial charge in [0.15, 0.2) is 5.69 Å². The van der Waals surface area contributed by atoms with Gasteiger partial charge in [0.2, 0.25) is 0 Å². The maximum absolute atomic E-state index is 13.1. The van der Waals surface area contributed by atoms with Crippen LogP contribution in [0.25, 0.3) is 0 Å². The van der Waals surface area contributed by atoms with Crippen molar-refractivity contribution in [1.29, 1.82) is 0 Å². The lowest BCUT2D eigenvalue weighted by Crippen LogP contribution is -2.42. The van der Waals surface area contributed by atoms with Crippen LogP contribution in [0.2, 0.25) is 0 Å². The fourth-order valence-electron chi connectivity index (χ4n) is 2.97.